The van der Waals surface area contributed by atoms with Crippen molar-refractivity contribution in [3.05, 3.63) is 40.3 Å². The summed E-state index contributed by atoms with van der Waals surface area (Å²) in [5.74, 6) is 0.520. The topological polar surface area (TPSA) is 77.0 Å². The Morgan fingerprint density at radius 3 is 2.73 bits per heavy atom. The third-order valence-corrected chi connectivity index (χ3v) is 5.55. The fourth-order valence-corrected chi connectivity index (χ4v) is 3.92. The monoisotopic (exact) mass is 388 g/mol. The van der Waals surface area contributed by atoms with Crippen molar-refractivity contribution in [2.45, 2.75) is 32.6 Å². The molecule has 1 amide bonds. The predicted octanol–water partition coefficient (Wildman–Crippen LogP) is 4.66. The highest BCUT2D eigenvalue weighted by Gasteiger charge is 2.14. The first-order valence-electron chi connectivity index (χ1n) is 8.43. The zero-order chi connectivity index (χ0) is 18.4. The number of benzene rings is 1. The van der Waals surface area contributed by atoms with Crippen molar-refractivity contribution in [3.63, 3.8) is 0 Å². The summed E-state index contributed by atoms with van der Waals surface area (Å²) in [7, 11) is 1.63. The number of carbonyl (C=O) groups is 1. The molecule has 6 nitrogen and oxygen atoms in total. The van der Waals surface area contributed by atoms with Gasteiger partial charge in [-0.2, -0.15) is 0 Å². The fourth-order valence-electron chi connectivity index (χ4n) is 2.34. The van der Waals surface area contributed by atoms with E-state index < -0.39 is 0 Å². The van der Waals surface area contributed by atoms with Crippen LogP contribution < -0.4 is 10.1 Å². The van der Waals surface area contributed by atoms with Gasteiger partial charge in [-0.15, -0.1) is 21.5 Å². The van der Waals surface area contributed by atoms with E-state index in [1.54, 1.807) is 12.5 Å². The first-order chi connectivity index (χ1) is 12.7. The van der Waals surface area contributed by atoms with Gasteiger partial charge in [0.25, 0.3) is 5.91 Å². The van der Waals surface area contributed by atoms with Gasteiger partial charge in [-0.3, -0.25) is 10.1 Å². The van der Waals surface area contributed by atoms with Gasteiger partial charge in [-0.1, -0.05) is 31.1 Å². The van der Waals surface area contributed by atoms with Gasteiger partial charge in [-0.05, 0) is 30.7 Å². The van der Waals surface area contributed by atoms with Crippen LogP contribution in [0.2, 0.25) is 0 Å². The van der Waals surface area contributed by atoms with Gasteiger partial charge in [0.15, 0.2) is 0 Å². The number of unbranched alkanes of at least 4 members (excludes halogenated alkanes) is 2. The minimum atomic E-state index is -0.266. The molecule has 0 radical (unpaired) electrons. The number of anilines is 1. The number of rotatable bonds is 8. The van der Waals surface area contributed by atoms with Crippen molar-refractivity contribution in [2.24, 2.45) is 0 Å². The molecule has 3 rings (SSSR count). The van der Waals surface area contributed by atoms with E-state index in [0.717, 1.165) is 34.2 Å². The van der Waals surface area contributed by atoms with E-state index in [2.05, 4.69) is 27.4 Å². The van der Waals surface area contributed by atoms with E-state index in [9.17, 15) is 4.79 Å². The van der Waals surface area contributed by atoms with Crippen molar-refractivity contribution in [1.82, 2.24) is 15.2 Å². The molecule has 0 aliphatic heterocycles. The quantitative estimate of drug-likeness (QED) is 0.568. The van der Waals surface area contributed by atoms with Crippen LogP contribution in [0.3, 0.4) is 0 Å². The zero-order valence-electron chi connectivity index (χ0n) is 14.7. The molecule has 0 bridgehead atoms. The van der Waals surface area contributed by atoms with Crippen LogP contribution in [0.15, 0.2) is 29.6 Å². The summed E-state index contributed by atoms with van der Waals surface area (Å²) in [6.45, 7) is 2.17. The largest absolute Gasteiger partial charge is 0.497 e. The molecule has 26 heavy (non-hydrogen) atoms. The van der Waals surface area contributed by atoms with Crippen molar-refractivity contribution < 1.29 is 9.53 Å². The second-order valence-corrected chi connectivity index (χ2v) is 7.60. The normalized spacial score (nSPS) is 10.7. The highest BCUT2D eigenvalue weighted by molar-refractivity contribution is 7.15. The number of carbonyl (C=O) groups excluding carboxylic acids is 1. The van der Waals surface area contributed by atoms with Gasteiger partial charge >= 0.3 is 0 Å². The highest BCUT2D eigenvalue weighted by Crippen LogP contribution is 2.26. The molecule has 1 N–H and O–H groups in total. The number of ether oxygens (including phenoxy) is 1. The number of aromatic nitrogens is 3. The number of amides is 1. The van der Waals surface area contributed by atoms with Gasteiger partial charge in [0, 0.05) is 17.4 Å². The SMILES string of the molecule is CCCCCc1nnc(NC(=O)c2csc(-c3ccc(OC)cc3)n2)s1. The standard InChI is InChI=1S/C18H20N4O2S2/c1-3-4-5-6-15-21-22-18(26-15)20-16(23)14-11-25-17(19-14)12-7-9-13(24-2)10-8-12/h7-11H,3-6H2,1-2H3,(H,20,22,23). The van der Waals surface area contributed by atoms with Gasteiger partial charge in [0.2, 0.25) is 5.13 Å². The van der Waals surface area contributed by atoms with Crippen LogP contribution in [-0.4, -0.2) is 28.2 Å². The predicted molar refractivity (Wildman–Crippen MR) is 105 cm³/mol. The number of aryl methyl sites for hydroxylation is 1. The van der Waals surface area contributed by atoms with Crippen LogP contribution >= 0.6 is 22.7 Å². The lowest BCUT2D eigenvalue weighted by atomic mass is 10.2. The van der Waals surface area contributed by atoms with Crippen LogP contribution in [0.25, 0.3) is 10.6 Å². The van der Waals surface area contributed by atoms with E-state index >= 15 is 0 Å². The average Bonchev–Trinajstić information content (AvgIpc) is 3.32. The molecule has 2 heterocycles. The smallest absolute Gasteiger partial charge is 0.276 e. The van der Waals surface area contributed by atoms with Crippen LogP contribution in [0.1, 0.15) is 41.7 Å². The van der Waals surface area contributed by atoms with E-state index in [1.165, 1.54) is 35.5 Å². The van der Waals surface area contributed by atoms with Gasteiger partial charge in [-0.25, -0.2) is 4.98 Å². The Balaban J connectivity index is 1.62. The van der Waals surface area contributed by atoms with Gasteiger partial charge in [0.05, 0.1) is 7.11 Å². The molecule has 3 aromatic rings. The van der Waals surface area contributed by atoms with Crippen molar-refractivity contribution in [3.8, 4) is 16.3 Å². The molecular weight excluding hydrogens is 368 g/mol. The van der Waals surface area contributed by atoms with Crippen LogP contribution in [0.4, 0.5) is 5.13 Å². The molecule has 0 atom stereocenters. The molecule has 0 fully saturated rings. The molecule has 0 saturated heterocycles. The fraction of sp³-hybridized carbons (Fsp3) is 0.333. The first kappa shape index (κ1) is 18.5. The number of methoxy groups -OCH3 is 1. The second kappa shape index (κ2) is 8.86. The lowest BCUT2D eigenvalue weighted by Crippen LogP contribution is -2.12. The Morgan fingerprint density at radius 1 is 1.19 bits per heavy atom. The minimum Gasteiger partial charge on any atom is -0.497 e. The Morgan fingerprint density at radius 2 is 2.00 bits per heavy atom. The molecular formula is C18H20N4O2S2. The van der Waals surface area contributed by atoms with Crippen molar-refractivity contribution >= 4 is 33.7 Å². The van der Waals surface area contributed by atoms with Crippen LogP contribution in [0.5, 0.6) is 5.75 Å². The van der Waals surface area contributed by atoms with Crippen LogP contribution in [0, 0.1) is 0 Å². The van der Waals surface area contributed by atoms with Gasteiger partial charge in [0.1, 0.15) is 21.5 Å². The molecule has 0 spiro atoms. The third-order valence-electron chi connectivity index (χ3n) is 3.76. The zero-order valence-corrected chi connectivity index (χ0v) is 16.3. The molecule has 0 aliphatic carbocycles. The number of nitrogens with one attached hydrogen (secondary N) is 1. The summed E-state index contributed by atoms with van der Waals surface area (Å²) in [5.41, 5.74) is 1.33. The lowest BCUT2D eigenvalue weighted by molar-refractivity contribution is 0.102. The number of thiazole rings is 1. The maximum atomic E-state index is 12.4. The summed E-state index contributed by atoms with van der Waals surface area (Å²) in [4.78, 5) is 16.8. The molecule has 0 unspecified atom stereocenters. The van der Waals surface area contributed by atoms with E-state index in [1.807, 2.05) is 24.3 Å². The van der Waals surface area contributed by atoms with Crippen molar-refractivity contribution in [1.29, 1.82) is 0 Å². The summed E-state index contributed by atoms with van der Waals surface area (Å²) in [6.07, 6.45) is 4.34. The number of hydrogen-bond acceptors (Lipinski definition) is 7. The Kier molecular flexibility index (Phi) is 6.30. The highest BCUT2D eigenvalue weighted by atomic mass is 32.1. The molecule has 0 saturated carbocycles. The van der Waals surface area contributed by atoms with Crippen LogP contribution in [-0.2, 0) is 6.42 Å². The molecule has 136 valence electrons. The molecule has 1 aromatic carbocycles. The first-order valence-corrected chi connectivity index (χ1v) is 10.1. The maximum Gasteiger partial charge on any atom is 0.276 e. The van der Waals surface area contributed by atoms with E-state index in [0.29, 0.717) is 10.8 Å². The average molecular weight is 389 g/mol. The molecule has 2 aromatic heterocycles. The number of hydrogen-bond donors (Lipinski definition) is 1. The Hall–Kier alpha value is -2.32. The second-order valence-electron chi connectivity index (χ2n) is 5.68. The van der Waals surface area contributed by atoms with Crippen molar-refractivity contribution in [2.75, 3.05) is 12.4 Å². The molecule has 8 heteroatoms. The summed E-state index contributed by atoms with van der Waals surface area (Å²) in [6, 6.07) is 7.59. The lowest BCUT2D eigenvalue weighted by Gasteiger charge is -2.00. The van der Waals surface area contributed by atoms with E-state index in [4.69, 9.17) is 4.74 Å². The molecule has 0 aliphatic rings. The summed E-state index contributed by atoms with van der Waals surface area (Å²) in [5, 5.41) is 15.0. The summed E-state index contributed by atoms with van der Waals surface area (Å²) < 4.78 is 5.15. The van der Waals surface area contributed by atoms with E-state index in [-0.39, 0.29) is 5.91 Å². The third kappa shape index (κ3) is 4.64. The summed E-state index contributed by atoms with van der Waals surface area (Å²) >= 11 is 2.85. The Labute approximate surface area is 160 Å². The minimum absolute atomic E-state index is 0.266. The number of nitrogens with zero attached hydrogens (tertiary/aromatic N) is 3. The maximum absolute atomic E-state index is 12.4. The van der Waals surface area contributed by atoms with Gasteiger partial charge < -0.3 is 4.74 Å². The Bertz CT molecular complexity index is 858.